The number of benzene rings is 1. The van der Waals surface area contributed by atoms with E-state index in [0.29, 0.717) is 0 Å². The molecule has 0 saturated heterocycles. The van der Waals surface area contributed by atoms with E-state index in [-0.39, 0.29) is 17.2 Å². The molecule has 0 amide bonds. The van der Waals surface area contributed by atoms with E-state index >= 15 is 0 Å². The molecule has 0 aliphatic heterocycles. The van der Waals surface area contributed by atoms with Crippen molar-refractivity contribution < 1.29 is 18.0 Å². The van der Waals surface area contributed by atoms with Crippen LogP contribution in [-0.2, 0) is 4.79 Å². The molecule has 0 spiro atoms. The van der Waals surface area contributed by atoms with Crippen LogP contribution in [0.25, 0.3) is 0 Å². The molecule has 1 aliphatic carbocycles. The van der Waals surface area contributed by atoms with Crippen molar-refractivity contribution in [2.75, 3.05) is 0 Å². The number of carbonyl (C=O) groups is 1. The van der Waals surface area contributed by atoms with Crippen LogP contribution in [0.1, 0.15) is 0 Å². The number of hydrogen-bond acceptors (Lipinski definition) is 2. The molecule has 2 rings (SSSR count). The normalized spacial score (nSPS) is 15.7. The number of carbonyl (C=O) groups excluding carboxylic acids is 1. The fourth-order valence-electron chi connectivity index (χ4n) is 1.42. The van der Waals surface area contributed by atoms with Gasteiger partial charge in [0.15, 0.2) is 5.78 Å². The molecule has 1 aromatic carbocycles. The van der Waals surface area contributed by atoms with Crippen LogP contribution in [0.3, 0.4) is 0 Å². The second-order valence-electron chi connectivity index (χ2n) is 3.87. The number of hydrogen-bond donors (Lipinski definition) is 0. The van der Waals surface area contributed by atoms with E-state index in [2.05, 4.69) is 9.98 Å². The highest BCUT2D eigenvalue weighted by molar-refractivity contribution is 6.19. The Hall–Kier alpha value is -2.50. The average Bonchev–Trinajstić information content (AvgIpc) is 2.40. The summed E-state index contributed by atoms with van der Waals surface area (Å²) in [6.45, 7) is 0. The number of nitrogens with zero attached hydrogens (tertiary/aromatic N) is 2. The molecule has 0 unspecified atom stereocenters. The maximum atomic E-state index is 12.9. The van der Waals surface area contributed by atoms with Crippen LogP contribution in [0, 0.1) is 0 Å². The third kappa shape index (κ3) is 3.74. The second kappa shape index (κ2) is 5.64. The zero-order chi connectivity index (χ0) is 14.6. The van der Waals surface area contributed by atoms with Crippen LogP contribution >= 0.6 is 0 Å². The van der Waals surface area contributed by atoms with Crippen molar-refractivity contribution in [2.45, 2.75) is 6.18 Å². The molecule has 0 radical (unpaired) electrons. The molecule has 20 heavy (non-hydrogen) atoms. The van der Waals surface area contributed by atoms with Crippen LogP contribution < -0.4 is 0 Å². The Balaban J connectivity index is 2.38. The molecule has 0 saturated carbocycles. The topological polar surface area (TPSA) is 41.8 Å². The molecule has 102 valence electrons. The first kappa shape index (κ1) is 13.9. The van der Waals surface area contributed by atoms with Crippen molar-refractivity contribution >= 4 is 23.0 Å². The molecule has 0 fully saturated rings. The van der Waals surface area contributed by atoms with Crippen molar-refractivity contribution in [1.29, 1.82) is 0 Å². The molecule has 0 aromatic heterocycles. The molecule has 0 atom stereocenters. The predicted octanol–water partition coefficient (Wildman–Crippen LogP) is 3.42. The van der Waals surface area contributed by atoms with Crippen LogP contribution in [0.15, 0.2) is 64.6 Å². The van der Waals surface area contributed by atoms with Gasteiger partial charge in [-0.3, -0.25) is 4.79 Å². The van der Waals surface area contributed by atoms with E-state index in [4.69, 9.17) is 0 Å². The highest BCUT2D eigenvalue weighted by atomic mass is 19.4. The van der Waals surface area contributed by atoms with Gasteiger partial charge < -0.3 is 0 Å². The molecule has 0 N–H and O–H groups in total. The summed E-state index contributed by atoms with van der Waals surface area (Å²) in [6.07, 6.45) is 0.0554. The Bertz CT molecular complexity index is 608. The largest absolute Gasteiger partial charge is 0.451 e. The fraction of sp³-hybridized carbons (Fsp3) is 0.0714. The number of aliphatic imine (C=N–C) groups is 2. The quantitative estimate of drug-likeness (QED) is 0.441. The molecule has 3 nitrogen and oxygen atoms in total. The summed E-state index contributed by atoms with van der Waals surface area (Å²) in [5.74, 6) is -1.56. The number of rotatable bonds is 1. The highest BCUT2D eigenvalue weighted by Crippen LogP contribution is 2.22. The number of amidine groups is 1. The van der Waals surface area contributed by atoms with E-state index in [1.54, 1.807) is 18.2 Å². The Morgan fingerprint density at radius 2 is 1.55 bits per heavy atom. The Kier molecular flexibility index (Phi) is 3.93. The number of para-hydroxylation sites is 1. The molecular weight excluding hydrogens is 269 g/mol. The van der Waals surface area contributed by atoms with E-state index in [1.807, 2.05) is 0 Å². The maximum absolute atomic E-state index is 12.9. The summed E-state index contributed by atoms with van der Waals surface area (Å²) >= 11 is 0. The van der Waals surface area contributed by atoms with Gasteiger partial charge in [0, 0.05) is 0 Å². The van der Waals surface area contributed by atoms with Crippen LogP contribution in [0.4, 0.5) is 18.9 Å². The number of ketones is 1. The molecule has 6 heteroatoms. The molecule has 1 aliphatic rings. The minimum atomic E-state index is -4.67. The fourth-order valence-corrected chi connectivity index (χ4v) is 1.42. The smallest absolute Gasteiger partial charge is 0.290 e. The van der Waals surface area contributed by atoms with Crippen molar-refractivity contribution in [1.82, 2.24) is 0 Å². The van der Waals surface area contributed by atoms with Gasteiger partial charge in [0.1, 0.15) is 0 Å². The van der Waals surface area contributed by atoms with Crippen molar-refractivity contribution in [3.63, 3.8) is 0 Å². The first-order chi connectivity index (χ1) is 9.45. The Morgan fingerprint density at radius 1 is 0.950 bits per heavy atom. The van der Waals surface area contributed by atoms with Crippen molar-refractivity contribution in [3.05, 3.63) is 54.6 Å². The minimum Gasteiger partial charge on any atom is -0.290 e. The van der Waals surface area contributed by atoms with Gasteiger partial charge in [0.05, 0.1) is 11.4 Å². The minimum absolute atomic E-state index is 0.0246. The second-order valence-corrected chi connectivity index (χ2v) is 3.87. The van der Waals surface area contributed by atoms with Gasteiger partial charge in [-0.2, -0.15) is 13.2 Å². The van der Waals surface area contributed by atoms with Gasteiger partial charge in [0.25, 0.3) is 0 Å². The Labute approximate surface area is 112 Å². The number of halogens is 3. The van der Waals surface area contributed by atoms with Gasteiger partial charge in [-0.05, 0) is 36.4 Å². The Morgan fingerprint density at radius 3 is 2.10 bits per heavy atom. The van der Waals surface area contributed by atoms with Gasteiger partial charge in [0.2, 0.25) is 5.84 Å². The van der Waals surface area contributed by atoms with Crippen LogP contribution in [0.2, 0.25) is 0 Å². The number of allylic oxidation sites excluding steroid dienone is 4. The van der Waals surface area contributed by atoms with Crippen LogP contribution in [0.5, 0.6) is 0 Å². The lowest BCUT2D eigenvalue weighted by Crippen LogP contribution is -2.22. The van der Waals surface area contributed by atoms with E-state index in [9.17, 15) is 18.0 Å². The maximum Gasteiger partial charge on any atom is 0.451 e. The standard InChI is InChI=1S/C14H9F3N2O/c15-14(16,17)13(18-10-4-2-1-3-5-10)19-11-6-8-12(20)9-7-11/h1-9H. The molecule has 0 bridgehead atoms. The first-order valence-electron chi connectivity index (χ1n) is 5.65. The number of alkyl halides is 3. The van der Waals surface area contributed by atoms with Gasteiger partial charge in [-0.25, -0.2) is 9.98 Å². The summed E-state index contributed by atoms with van der Waals surface area (Å²) in [5, 5.41) is 0. The monoisotopic (exact) mass is 278 g/mol. The molecule has 0 heterocycles. The SMILES string of the molecule is O=C1C=CC(=NC(=Nc2ccccc2)C(F)(F)F)C=C1. The summed E-state index contributed by atoms with van der Waals surface area (Å²) in [7, 11) is 0. The van der Waals surface area contributed by atoms with Crippen molar-refractivity contribution in [2.24, 2.45) is 9.98 Å². The van der Waals surface area contributed by atoms with E-state index in [1.165, 1.54) is 24.3 Å². The lowest BCUT2D eigenvalue weighted by molar-refractivity contribution is -0.110. The third-order valence-corrected chi connectivity index (χ3v) is 2.32. The third-order valence-electron chi connectivity index (χ3n) is 2.32. The first-order valence-corrected chi connectivity index (χ1v) is 5.65. The lowest BCUT2D eigenvalue weighted by atomic mass is 10.1. The summed E-state index contributed by atoms with van der Waals surface area (Å²) in [4.78, 5) is 17.8. The summed E-state index contributed by atoms with van der Waals surface area (Å²) in [5.41, 5.74) is 0.181. The highest BCUT2D eigenvalue weighted by Gasteiger charge is 2.36. The van der Waals surface area contributed by atoms with Crippen molar-refractivity contribution in [3.8, 4) is 0 Å². The summed E-state index contributed by atoms with van der Waals surface area (Å²) in [6, 6.07) is 7.73. The molecule has 1 aromatic rings. The van der Waals surface area contributed by atoms with Gasteiger partial charge >= 0.3 is 6.18 Å². The lowest BCUT2D eigenvalue weighted by Gasteiger charge is -2.07. The van der Waals surface area contributed by atoms with E-state index in [0.717, 1.165) is 12.2 Å². The zero-order valence-corrected chi connectivity index (χ0v) is 10.1. The summed E-state index contributed by atoms with van der Waals surface area (Å²) < 4.78 is 38.7. The van der Waals surface area contributed by atoms with Crippen LogP contribution in [-0.4, -0.2) is 23.5 Å². The van der Waals surface area contributed by atoms with Gasteiger partial charge in [-0.15, -0.1) is 0 Å². The average molecular weight is 278 g/mol. The zero-order valence-electron chi connectivity index (χ0n) is 10.1. The van der Waals surface area contributed by atoms with Gasteiger partial charge in [-0.1, -0.05) is 18.2 Å². The van der Waals surface area contributed by atoms with E-state index < -0.39 is 12.0 Å². The predicted molar refractivity (Wildman–Crippen MR) is 70.3 cm³/mol. The molecular formula is C14H9F3N2O.